The smallest absolute Gasteiger partial charge is 0.141 e. The van der Waals surface area contributed by atoms with Crippen molar-refractivity contribution in [2.24, 2.45) is 0 Å². The Hall–Kier alpha value is -1.78. The Kier molecular flexibility index (Phi) is 3.05. The summed E-state index contributed by atoms with van der Waals surface area (Å²) in [5, 5.41) is 1.62. The van der Waals surface area contributed by atoms with Gasteiger partial charge in [0.15, 0.2) is 0 Å². The van der Waals surface area contributed by atoms with E-state index in [0.717, 1.165) is 20.8 Å². The molecule has 19 heavy (non-hydrogen) atoms. The molecule has 3 nitrogen and oxygen atoms in total. The average Bonchev–Trinajstić information content (AvgIpc) is 2.81. The summed E-state index contributed by atoms with van der Waals surface area (Å²) in [6.07, 6.45) is 0. The number of anilines is 1. The number of hydrogen-bond acceptors (Lipinski definition) is 4. The molecule has 0 spiro atoms. The van der Waals surface area contributed by atoms with Crippen molar-refractivity contribution >= 4 is 38.8 Å². The number of nitrogens with two attached hydrogens (primary N) is 1. The Morgan fingerprint density at radius 3 is 2.79 bits per heavy atom. The van der Waals surface area contributed by atoms with E-state index >= 15 is 0 Å². The standard InChI is InChI=1S/C14H11ClN2OS/c1-18-12-4-2-8(6-10(12)16)14-17-11-7-9(15)3-5-13(11)19-14/h2-7H,16H2,1H3. The van der Waals surface area contributed by atoms with Gasteiger partial charge in [-0.1, -0.05) is 11.6 Å². The molecule has 96 valence electrons. The lowest BCUT2D eigenvalue weighted by atomic mass is 10.2. The minimum Gasteiger partial charge on any atom is -0.495 e. The lowest BCUT2D eigenvalue weighted by Crippen LogP contribution is -1.92. The number of halogens is 1. The molecule has 0 fully saturated rings. The second-order valence-corrected chi connectivity index (χ2v) is 5.55. The van der Waals surface area contributed by atoms with E-state index in [2.05, 4.69) is 4.98 Å². The highest BCUT2D eigenvalue weighted by atomic mass is 35.5. The third kappa shape index (κ3) is 2.25. The first kappa shape index (κ1) is 12.3. The lowest BCUT2D eigenvalue weighted by Gasteiger charge is -2.04. The molecule has 0 amide bonds. The zero-order chi connectivity index (χ0) is 13.4. The first-order valence-corrected chi connectivity index (χ1v) is 6.87. The normalized spacial score (nSPS) is 10.8. The van der Waals surface area contributed by atoms with E-state index in [1.165, 1.54) is 0 Å². The maximum Gasteiger partial charge on any atom is 0.141 e. The number of hydrogen-bond donors (Lipinski definition) is 1. The Labute approximate surface area is 119 Å². The molecule has 2 N–H and O–H groups in total. The van der Waals surface area contributed by atoms with Gasteiger partial charge < -0.3 is 10.5 Å². The minimum atomic E-state index is 0.609. The van der Waals surface area contributed by atoms with Crippen molar-refractivity contribution in [2.75, 3.05) is 12.8 Å². The molecule has 0 aliphatic rings. The van der Waals surface area contributed by atoms with Crippen LogP contribution < -0.4 is 10.5 Å². The highest BCUT2D eigenvalue weighted by molar-refractivity contribution is 7.21. The number of thiazole rings is 1. The molecule has 0 saturated heterocycles. The molecular formula is C14H11ClN2OS. The van der Waals surface area contributed by atoms with Gasteiger partial charge in [0.25, 0.3) is 0 Å². The molecule has 1 aromatic heterocycles. The van der Waals surface area contributed by atoms with Crippen LogP contribution in [0.5, 0.6) is 5.75 Å². The first-order chi connectivity index (χ1) is 9.17. The van der Waals surface area contributed by atoms with Crippen LogP contribution in [0.1, 0.15) is 0 Å². The number of ether oxygens (including phenoxy) is 1. The van der Waals surface area contributed by atoms with E-state index in [1.54, 1.807) is 18.4 Å². The SMILES string of the molecule is COc1ccc(-c2nc3cc(Cl)ccc3s2)cc1N. The summed E-state index contributed by atoms with van der Waals surface area (Å²) in [4.78, 5) is 4.58. The van der Waals surface area contributed by atoms with Crippen molar-refractivity contribution < 1.29 is 4.74 Å². The third-order valence-electron chi connectivity index (χ3n) is 2.83. The second-order valence-electron chi connectivity index (χ2n) is 4.09. The van der Waals surface area contributed by atoms with Gasteiger partial charge in [-0.05, 0) is 36.4 Å². The molecule has 1 heterocycles. The Balaban J connectivity index is 2.11. The van der Waals surface area contributed by atoms with Crippen LogP contribution in [-0.4, -0.2) is 12.1 Å². The van der Waals surface area contributed by atoms with E-state index in [4.69, 9.17) is 22.1 Å². The largest absolute Gasteiger partial charge is 0.495 e. The topological polar surface area (TPSA) is 48.1 Å². The van der Waals surface area contributed by atoms with Crippen LogP contribution in [0.3, 0.4) is 0 Å². The Morgan fingerprint density at radius 2 is 2.05 bits per heavy atom. The van der Waals surface area contributed by atoms with E-state index in [9.17, 15) is 0 Å². The second kappa shape index (κ2) is 4.72. The van der Waals surface area contributed by atoms with E-state index in [-0.39, 0.29) is 0 Å². The number of nitrogen functional groups attached to an aromatic ring is 1. The fourth-order valence-corrected chi connectivity index (χ4v) is 3.00. The quantitative estimate of drug-likeness (QED) is 0.719. The van der Waals surface area contributed by atoms with Crippen molar-refractivity contribution in [1.82, 2.24) is 4.98 Å². The molecule has 0 saturated carbocycles. The van der Waals surface area contributed by atoms with Crippen LogP contribution in [0.25, 0.3) is 20.8 Å². The zero-order valence-corrected chi connectivity index (χ0v) is 11.8. The van der Waals surface area contributed by atoms with Gasteiger partial charge in [-0.3, -0.25) is 0 Å². The number of methoxy groups -OCH3 is 1. The summed E-state index contributed by atoms with van der Waals surface area (Å²) >= 11 is 7.58. The van der Waals surface area contributed by atoms with Gasteiger partial charge in [0, 0.05) is 10.6 Å². The van der Waals surface area contributed by atoms with Gasteiger partial charge in [0.1, 0.15) is 10.8 Å². The highest BCUT2D eigenvalue weighted by Crippen LogP contribution is 2.34. The first-order valence-electron chi connectivity index (χ1n) is 5.67. The van der Waals surface area contributed by atoms with Gasteiger partial charge in [-0.15, -0.1) is 11.3 Å². The fourth-order valence-electron chi connectivity index (χ4n) is 1.89. The van der Waals surface area contributed by atoms with Gasteiger partial charge >= 0.3 is 0 Å². The van der Waals surface area contributed by atoms with Crippen LogP contribution in [0.4, 0.5) is 5.69 Å². The average molecular weight is 291 g/mol. The van der Waals surface area contributed by atoms with Gasteiger partial charge in [-0.25, -0.2) is 4.98 Å². The molecular weight excluding hydrogens is 280 g/mol. The van der Waals surface area contributed by atoms with Crippen molar-refractivity contribution in [1.29, 1.82) is 0 Å². The summed E-state index contributed by atoms with van der Waals surface area (Å²) in [5.74, 6) is 0.674. The van der Waals surface area contributed by atoms with Crippen molar-refractivity contribution in [3.63, 3.8) is 0 Å². The van der Waals surface area contributed by atoms with Gasteiger partial charge in [0.2, 0.25) is 0 Å². The molecule has 3 rings (SSSR count). The molecule has 0 unspecified atom stereocenters. The highest BCUT2D eigenvalue weighted by Gasteiger charge is 2.08. The lowest BCUT2D eigenvalue weighted by molar-refractivity contribution is 0.417. The molecule has 0 radical (unpaired) electrons. The minimum absolute atomic E-state index is 0.609. The van der Waals surface area contributed by atoms with Crippen LogP contribution in [-0.2, 0) is 0 Å². The molecule has 0 aliphatic carbocycles. The van der Waals surface area contributed by atoms with E-state index < -0.39 is 0 Å². The summed E-state index contributed by atoms with van der Waals surface area (Å²) in [6, 6.07) is 11.4. The van der Waals surface area contributed by atoms with Crippen LogP contribution in [0.15, 0.2) is 36.4 Å². The monoisotopic (exact) mass is 290 g/mol. The summed E-state index contributed by atoms with van der Waals surface area (Å²) in [6.45, 7) is 0. The van der Waals surface area contributed by atoms with Crippen molar-refractivity contribution in [2.45, 2.75) is 0 Å². The maximum absolute atomic E-state index is 5.97. The number of rotatable bonds is 2. The predicted molar refractivity (Wildman–Crippen MR) is 81.0 cm³/mol. The molecule has 3 aromatic rings. The summed E-state index contributed by atoms with van der Waals surface area (Å²) in [7, 11) is 1.60. The number of nitrogens with zero attached hydrogens (tertiary/aromatic N) is 1. The van der Waals surface area contributed by atoms with E-state index in [0.29, 0.717) is 16.5 Å². The van der Waals surface area contributed by atoms with Crippen LogP contribution in [0.2, 0.25) is 5.02 Å². The van der Waals surface area contributed by atoms with Gasteiger partial charge in [-0.2, -0.15) is 0 Å². The number of benzene rings is 2. The molecule has 0 aliphatic heterocycles. The zero-order valence-electron chi connectivity index (χ0n) is 10.2. The summed E-state index contributed by atoms with van der Waals surface area (Å²) < 4.78 is 6.26. The number of fused-ring (bicyclic) bond motifs is 1. The van der Waals surface area contributed by atoms with E-state index in [1.807, 2.05) is 36.4 Å². The molecule has 0 atom stereocenters. The summed E-state index contributed by atoms with van der Waals surface area (Å²) in [5.41, 5.74) is 8.41. The molecule has 0 bridgehead atoms. The third-order valence-corrected chi connectivity index (χ3v) is 4.15. The molecule has 5 heteroatoms. The Morgan fingerprint density at radius 1 is 1.21 bits per heavy atom. The van der Waals surface area contributed by atoms with Crippen molar-refractivity contribution in [3.05, 3.63) is 41.4 Å². The predicted octanol–water partition coefficient (Wildman–Crippen LogP) is 4.21. The molecule has 2 aromatic carbocycles. The maximum atomic E-state index is 5.97. The Bertz CT molecular complexity index is 754. The van der Waals surface area contributed by atoms with Crippen LogP contribution >= 0.6 is 22.9 Å². The number of aromatic nitrogens is 1. The van der Waals surface area contributed by atoms with Crippen LogP contribution in [0, 0.1) is 0 Å². The van der Waals surface area contributed by atoms with Crippen molar-refractivity contribution in [3.8, 4) is 16.3 Å². The fraction of sp³-hybridized carbons (Fsp3) is 0.0714. The van der Waals surface area contributed by atoms with Gasteiger partial charge in [0.05, 0.1) is 23.0 Å².